The third kappa shape index (κ3) is 2.06. The number of nitrogens with one attached hydrogen (secondary N) is 1. The summed E-state index contributed by atoms with van der Waals surface area (Å²) in [6.07, 6.45) is -2.92. The molecular formula is C9H13N2O4+. The maximum Gasteiger partial charge on any atom is 0.334 e. The van der Waals surface area contributed by atoms with E-state index in [2.05, 4.69) is 4.98 Å². The molecule has 1 aliphatic heterocycles. The Morgan fingerprint density at radius 3 is 3.13 bits per heavy atom. The van der Waals surface area contributed by atoms with Crippen LogP contribution in [-0.4, -0.2) is 34.0 Å². The Balaban J connectivity index is 2.33. The number of aliphatic hydroxyl groups excluding tert-OH is 2. The van der Waals surface area contributed by atoms with Crippen molar-refractivity contribution in [2.45, 2.75) is 24.8 Å². The van der Waals surface area contributed by atoms with E-state index in [0.717, 1.165) is 0 Å². The van der Waals surface area contributed by atoms with Crippen LogP contribution < -0.4 is 10.1 Å². The molecule has 3 N–H and O–H groups in total. The Bertz CT molecular complexity index is 444. The molecule has 0 amide bonds. The molecule has 0 bridgehead atoms. The minimum Gasteiger partial charge on any atom is -0.394 e. The topological polar surface area (TPSA) is 86.4 Å². The normalized spacial score (nSPS) is 36.0. The monoisotopic (exact) mass is 217 g/mol. The Hall–Kier alpha value is -1.24. The number of aromatic nitrogens is 2. The quantitative estimate of drug-likeness (QED) is 0.515. The lowest BCUT2D eigenvalue weighted by Crippen LogP contribution is -2.41. The summed E-state index contributed by atoms with van der Waals surface area (Å²) in [7, 11) is 0. The molecule has 0 radical (unpaired) electrons. The van der Waals surface area contributed by atoms with Crippen molar-refractivity contribution in [3.05, 3.63) is 28.9 Å². The van der Waals surface area contributed by atoms with Crippen molar-refractivity contribution in [3.63, 3.8) is 0 Å². The van der Waals surface area contributed by atoms with E-state index in [1.807, 2.05) is 0 Å². The first-order valence-electron chi connectivity index (χ1n) is 5.50. The highest BCUT2D eigenvalue weighted by Gasteiger charge is 2.36. The SMILES string of the molecule is [3H]C1([3H])C(O)C(CO)OC1[n+]1ccc(=O)[nH]c1. The molecule has 1 aromatic heterocycles. The van der Waals surface area contributed by atoms with E-state index in [4.69, 9.17) is 12.6 Å². The number of aromatic amines is 1. The largest absolute Gasteiger partial charge is 0.394 e. The molecule has 82 valence electrons. The number of hydrogen-bond acceptors (Lipinski definition) is 4. The van der Waals surface area contributed by atoms with Crippen molar-refractivity contribution in [2.24, 2.45) is 0 Å². The van der Waals surface area contributed by atoms with Crippen LogP contribution in [0.25, 0.3) is 0 Å². The molecule has 0 saturated carbocycles. The highest BCUT2D eigenvalue weighted by molar-refractivity contribution is 4.77. The summed E-state index contributed by atoms with van der Waals surface area (Å²) in [5.74, 6) is 0. The molecule has 0 aromatic carbocycles. The van der Waals surface area contributed by atoms with Gasteiger partial charge in [-0.3, -0.25) is 0 Å². The summed E-state index contributed by atoms with van der Waals surface area (Å²) in [6, 6.07) is 1.22. The van der Waals surface area contributed by atoms with Crippen molar-refractivity contribution in [2.75, 3.05) is 6.61 Å². The van der Waals surface area contributed by atoms with Crippen LogP contribution in [0.15, 0.2) is 23.4 Å². The smallest absolute Gasteiger partial charge is 0.334 e. The average molecular weight is 217 g/mol. The molecule has 3 unspecified atom stereocenters. The van der Waals surface area contributed by atoms with Crippen LogP contribution in [-0.2, 0) is 4.74 Å². The van der Waals surface area contributed by atoms with E-state index in [-0.39, 0.29) is 5.56 Å². The lowest BCUT2D eigenvalue weighted by atomic mass is 10.2. The Kier molecular flexibility index (Phi) is 2.18. The van der Waals surface area contributed by atoms with E-state index in [1.54, 1.807) is 0 Å². The van der Waals surface area contributed by atoms with Gasteiger partial charge in [-0.15, -0.1) is 0 Å². The predicted octanol–water partition coefficient (Wildman–Crippen LogP) is -1.70. The number of rotatable bonds is 2. The minimum absolute atomic E-state index is 0.320. The fourth-order valence-electron chi connectivity index (χ4n) is 1.36. The van der Waals surface area contributed by atoms with Gasteiger partial charge in [0.2, 0.25) is 12.6 Å². The van der Waals surface area contributed by atoms with Gasteiger partial charge in [0.25, 0.3) is 0 Å². The first-order chi connectivity index (χ1) is 7.96. The number of H-pyrrole nitrogens is 1. The number of ether oxygens (including phenoxy) is 1. The molecule has 1 saturated heterocycles. The second-order valence-electron chi connectivity index (χ2n) is 3.22. The molecule has 1 aliphatic rings. The number of nitrogens with zero attached hydrogens (tertiary/aromatic N) is 1. The van der Waals surface area contributed by atoms with E-state index in [9.17, 15) is 9.90 Å². The minimum atomic E-state index is -2.05. The molecule has 6 heteroatoms. The van der Waals surface area contributed by atoms with Crippen LogP contribution in [0.3, 0.4) is 0 Å². The van der Waals surface area contributed by atoms with Gasteiger partial charge in [-0.25, -0.2) is 14.3 Å². The summed E-state index contributed by atoms with van der Waals surface area (Å²) < 4.78 is 22.0. The van der Waals surface area contributed by atoms with Crippen LogP contribution in [0.4, 0.5) is 0 Å². The van der Waals surface area contributed by atoms with Crippen LogP contribution in [0.5, 0.6) is 0 Å². The first kappa shape index (κ1) is 7.98. The van der Waals surface area contributed by atoms with Gasteiger partial charge in [-0.2, -0.15) is 0 Å². The third-order valence-corrected chi connectivity index (χ3v) is 2.17. The van der Waals surface area contributed by atoms with E-state index < -0.39 is 31.4 Å². The zero-order chi connectivity index (χ0) is 12.6. The first-order valence-corrected chi connectivity index (χ1v) is 4.50. The van der Waals surface area contributed by atoms with Crippen LogP contribution in [0.1, 0.15) is 15.3 Å². The van der Waals surface area contributed by atoms with Gasteiger partial charge in [0.1, 0.15) is 12.3 Å². The van der Waals surface area contributed by atoms with E-state index >= 15 is 0 Å². The van der Waals surface area contributed by atoms with Crippen LogP contribution >= 0.6 is 0 Å². The second-order valence-corrected chi connectivity index (χ2v) is 3.22. The van der Waals surface area contributed by atoms with Crippen molar-refractivity contribution in [1.82, 2.24) is 4.98 Å². The molecule has 15 heavy (non-hydrogen) atoms. The Morgan fingerprint density at radius 1 is 1.80 bits per heavy atom. The zero-order valence-electron chi connectivity index (χ0n) is 9.83. The van der Waals surface area contributed by atoms with Crippen LogP contribution in [0, 0.1) is 0 Å². The van der Waals surface area contributed by atoms with Crippen molar-refractivity contribution in [3.8, 4) is 0 Å². The van der Waals surface area contributed by atoms with Gasteiger partial charge in [-0.1, -0.05) is 0 Å². The number of aliphatic hydroxyl groups is 2. The van der Waals surface area contributed by atoms with Gasteiger partial charge in [0.05, 0.1) is 18.8 Å². The zero-order valence-corrected chi connectivity index (χ0v) is 7.83. The van der Waals surface area contributed by atoms with Crippen molar-refractivity contribution in [1.29, 1.82) is 0 Å². The van der Waals surface area contributed by atoms with Gasteiger partial charge in [-0.05, 0) is 0 Å². The third-order valence-electron chi connectivity index (χ3n) is 2.17. The molecule has 0 spiro atoms. The molecular weight excluding hydrogens is 200 g/mol. The van der Waals surface area contributed by atoms with Crippen molar-refractivity contribution < 1.29 is 22.3 Å². The molecule has 3 atom stereocenters. The van der Waals surface area contributed by atoms with Crippen LogP contribution in [0.2, 0.25) is 0 Å². The summed E-state index contributed by atoms with van der Waals surface area (Å²) in [4.78, 5) is 13.3. The molecule has 1 aromatic rings. The highest BCUT2D eigenvalue weighted by Crippen LogP contribution is 2.23. The maximum atomic E-state index is 10.9. The van der Waals surface area contributed by atoms with E-state index in [0.29, 0.717) is 0 Å². The summed E-state index contributed by atoms with van der Waals surface area (Å²) in [5, 5.41) is 18.6. The lowest BCUT2D eigenvalue weighted by Gasteiger charge is -2.09. The maximum absolute atomic E-state index is 10.9. The Morgan fingerprint density at radius 2 is 2.60 bits per heavy atom. The predicted molar refractivity (Wildman–Crippen MR) is 48.9 cm³/mol. The molecule has 0 aliphatic carbocycles. The fraction of sp³-hybridized carbons (Fsp3) is 0.556. The fourth-order valence-corrected chi connectivity index (χ4v) is 1.36. The van der Waals surface area contributed by atoms with Gasteiger partial charge in [0, 0.05) is 9.11 Å². The second kappa shape index (κ2) is 4.09. The molecule has 2 rings (SSSR count). The van der Waals surface area contributed by atoms with Gasteiger partial charge in [0.15, 0.2) is 0 Å². The van der Waals surface area contributed by atoms with Gasteiger partial charge >= 0.3 is 5.56 Å². The summed E-state index contributed by atoms with van der Waals surface area (Å²) >= 11 is 0. The van der Waals surface area contributed by atoms with Gasteiger partial charge < -0.3 is 14.9 Å². The number of hydrogen-bond donors (Lipinski definition) is 3. The average Bonchev–Trinajstić information content (AvgIpc) is 2.53. The summed E-state index contributed by atoms with van der Waals surface area (Å²) in [5.41, 5.74) is -0.320. The molecule has 1 fully saturated rings. The standard InChI is InChI=1S/C9H12N2O4/c12-4-7-6(13)3-9(15-7)11-2-1-8(14)10-5-11/h1-2,5-7,9,12-13H,3-4H2/p+1/i3T2. The molecule has 6 nitrogen and oxygen atoms in total. The summed E-state index contributed by atoms with van der Waals surface area (Å²) in [6.45, 7) is -0.471. The highest BCUT2D eigenvalue weighted by atomic mass is 16.5. The molecule has 2 heterocycles. The van der Waals surface area contributed by atoms with Crippen molar-refractivity contribution >= 4 is 0 Å². The lowest BCUT2D eigenvalue weighted by molar-refractivity contribution is -0.762. The van der Waals surface area contributed by atoms with E-state index in [1.165, 1.54) is 23.2 Å². The Labute approximate surface area is 88.6 Å².